The summed E-state index contributed by atoms with van der Waals surface area (Å²) in [4.78, 5) is 0. The number of fused-ring (bicyclic) bond motifs is 1. The number of benzene rings is 1. The molecule has 1 aromatic carbocycles. The fourth-order valence-corrected chi connectivity index (χ4v) is 3.30. The van der Waals surface area contributed by atoms with Crippen molar-refractivity contribution in [2.75, 3.05) is 33.0 Å². The quantitative estimate of drug-likeness (QED) is 0.897. The predicted molar refractivity (Wildman–Crippen MR) is 82.0 cm³/mol. The van der Waals surface area contributed by atoms with Gasteiger partial charge in [0.25, 0.3) is 0 Å². The molecule has 1 saturated heterocycles. The highest BCUT2D eigenvalue weighted by atomic mass is 35.5. The van der Waals surface area contributed by atoms with Gasteiger partial charge in [-0.2, -0.15) is 0 Å². The zero-order valence-electron chi connectivity index (χ0n) is 12.3. The van der Waals surface area contributed by atoms with Crippen LogP contribution in [0.1, 0.15) is 30.0 Å². The smallest absolute Gasteiger partial charge is 0.127 e. The van der Waals surface area contributed by atoms with Crippen LogP contribution in [0, 0.1) is 12.3 Å². The molecule has 1 fully saturated rings. The number of hydrogen-bond donors (Lipinski definition) is 2. The Morgan fingerprint density at radius 3 is 2.90 bits per heavy atom. The maximum absolute atomic E-state index is 9.54. The van der Waals surface area contributed by atoms with E-state index in [1.54, 1.807) is 0 Å². The van der Waals surface area contributed by atoms with E-state index in [0.717, 1.165) is 47.9 Å². The Hall–Kier alpha value is -0.810. The molecule has 0 saturated carbocycles. The number of aliphatic hydroxyl groups is 1. The second-order valence-electron chi connectivity index (χ2n) is 6.22. The van der Waals surface area contributed by atoms with Crippen molar-refractivity contribution in [3.05, 3.63) is 28.3 Å². The fraction of sp³-hybridized carbons (Fsp3) is 0.625. The topological polar surface area (TPSA) is 50.7 Å². The Balaban J connectivity index is 1.80. The minimum atomic E-state index is -0.124. The third kappa shape index (κ3) is 3.04. The molecule has 5 heteroatoms. The standard InChI is InChI=1S/C16H22ClNO3/c1-11-5-12(17)6-13-14(3-2-4-21-15(11)13)18-7-16(8-19)9-20-10-16/h5-6,14,18-19H,2-4,7-10H2,1H3. The molecule has 0 radical (unpaired) electrons. The Morgan fingerprint density at radius 1 is 1.43 bits per heavy atom. The predicted octanol–water partition coefficient (Wildman–Crippen LogP) is 2.46. The van der Waals surface area contributed by atoms with Crippen LogP contribution in [0.5, 0.6) is 5.75 Å². The molecule has 116 valence electrons. The lowest BCUT2D eigenvalue weighted by molar-refractivity contribution is -0.135. The fourth-order valence-electron chi connectivity index (χ4n) is 3.02. The Morgan fingerprint density at radius 2 is 2.24 bits per heavy atom. The van der Waals surface area contributed by atoms with E-state index >= 15 is 0 Å². The van der Waals surface area contributed by atoms with Gasteiger partial charge in [0, 0.05) is 23.2 Å². The summed E-state index contributed by atoms with van der Waals surface area (Å²) in [5.41, 5.74) is 2.09. The highest BCUT2D eigenvalue weighted by molar-refractivity contribution is 6.30. The zero-order chi connectivity index (χ0) is 14.9. The second-order valence-corrected chi connectivity index (χ2v) is 6.65. The van der Waals surface area contributed by atoms with Crippen LogP contribution < -0.4 is 10.1 Å². The van der Waals surface area contributed by atoms with Crippen LogP contribution in [-0.2, 0) is 4.74 Å². The highest BCUT2D eigenvalue weighted by Crippen LogP contribution is 2.37. The average molecular weight is 312 g/mol. The number of ether oxygens (including phenoxy) is 2. The van der Waals surface area contributed by atoms with Gasteiger partial charge in [0.2, 0.25) is 0 Å². The van der Waals surface area contributed by atoms with Gasteiger partial charge in [-0.1, -0.05) is 11.6 Å². The summed E-state index contributed by atoms with van der Waals surface area (Å²) in [5, 5.41) is 13.9. The molecule has 2 heterocycles. The molecule has 2 N–H and O–H groups in total. The third-order valence-corrected chi connectivity index (χ3v) is 4.62. The van der Waals surface area contributed by atoms with Crippen molar-refractivity contribution < 1.29 is 14.6 Å². The first-order valence-electron chi connectivity index (χ1n) is 7.48. The van der Waals surface area contributed by atoms with Crippen LogP contribution in [0.2, 0.25) is 5.02 Å². The van der Waals surface area contributed by atoms with Crippen molar-refractivity contribution in [1.82, 2.24) is 5.32 Å². The largest absolute Gasteiger partial charge is 0.493 e. The van der Waals surface area contributed by atoms with E-state index in [1.807, 2.05) is 19.1 Å². The number of hydrogen-bond acceptors (Lipinski definition) is 4. The maximum atomic E-state index is 9.54. The van der Waals surface area contributed by atoms with Crippen molar-refractivity contribution in [1.29, 1.82) is 0 Å². The molecule has 0 bridgehead atoms. The van der Waals surface area contributed by atoms with E-state index in [1.165, 1.54) is 0 Å². The molecule has 1 atom stereocenters. The van der Waals surface area contributed by atoms with Gasteiger partial charge in [-0.25, -0.2) is 0 Å². The zero-order valence-corrected chi connectivity index (χ0v) is 13.1. The normalized spacial score (nSPS) is 23.7. The van der Waals surface area contributed by atoms with E-state index in [2.05, 4.69) is 5.32 Å². The van der Waals surface area contributed by atoms with Crippen LogP contribution in [0.15, 0.2) is 12.1 Å². The lowest BCUT2D eigenvalue weighted by atomic mass is 9.86. The van der Waals surface area contributed by atoms with Crippen LogP contribution in [0.3, 0.4) is 0 Å². The summed E-state index contributed by atoms with van der Waals surface area (Å²) in [6, 6.07) is 4.15. The number of aryl methyl sites for hydroxylation is 1. The molecule has 0 aromatic heterocycles. The van der Waals surface area contributed by atoms with Gasteiger partial charge < -0.3 is 19.9 Å². The molecule has 0 spiro atoms. The summed E-state index contributed by atoms with van der Waals surface area (Å²) in [6.07, 6.45) is 2.02. The Kier molecular flexibility index (Phi) is 4.41. The molecule has 0 aliphatic carbocycles. The highest BCUT2D eigenvalue weighted by Gasteiger charge is 2.38. The summed E-state index contributed by atoms with van der Waals surface area (Å²) in [6.45, 7) is 4.93. The Labute approximate surface area is 130 Å². The van der Waals surface area contributed by atoms with Gasteiger partial charge in [-0.3, -0.25) is 0 Å². The van der Waals surface area contributed by atoms with E-state index in [9.17, 15) is 5.11 Å². The first-order valence-corrected chi connectivity index (χ1v) is 7.86. The van der Waals surface area contributed by atoms with Gasteiger partial charge in [0.15, 0.2) is 0 Å². The minimum Gasteiger partial charge on any atom is -0.493 e. The third-order valence-electron chi connectivity index (χ3n) is 4.40. The average Bonchev–Trinajstić information content (AvgIpc) is 2.61. The molecule has 1 aromatic rings. The van der Waals surface area contributed by atoms with E-state index in [0.29, 0.717) is 13.2 Å². The van der Waals surface area contributed by atoms with Gasteiger partial charge in [-0.15, -0.1) is 0 Å². The van der Waals surface area contributed by atoms with E-state index in [4.69, 9.17) is 21.1 Å². The molecule has 2 aliphatic heterocycles. The van der Waals surface area contributed by atoms with Crippen LogP contribution in [0.25, 0.3) is 0 Å². The van der Waals surface area contributed by atoms with Crippen molar-refractivity contribution in [2.45, 2.75) is 25.8 Å². The summed E-state index contributed by atoms with van der Waals surface area (Å²) < 4.78 is 11.1. The summed E-state index contributed by atoms with van der Waals surface area (Å²) in [5.74, 6) is 0.956. The maximum Gasteiger partial charge on any atom is 0.127 e. The van der Waals surface area contributed by atoms with E-state index < -0.39 is 0 Å². The van der Waals surface area contributed by atoms with E-state index in [-0.39, 0.29) is 18.1 Å². The Bertz CT molecular complexity index is 511. The number of rotatable bonds is 4. The van der Waals surface area contributed by atoms with Gasteiger partial charge in [0.05, 0.1) is 31.8 Å². The number of aliphatic hydroxyl groups excluding tert-OH is 1. The molecule has 0 amide bonds. The molecule has 21 heavy (non-hydrogen) atoms. The van der Waals surface area contributed by atoms with Crippen molar-refractivity contribution in [3.8, 4) is 5.75 Å². The second kappa shape index (κ2) is 6.13. The number of nitrogens with one attached hydrogen (secondary N) is 1. The van der Waals surface area contributed by atoms with Crippen molar-refractivity contribution >= 4 is 11.6 Å². The lowest BCUT2D eigenvalue weighted by Gasteiger charge is -2.41. The summed E-state index contributed by atoms with van der Waals surface area (Å²) >= 11 is 6.21. The molecule has 4 nitrogen and oxygen atoms in total. The SMILES string of the molecule is Cc1cc(Cl)cc2c1OCCCC2NCC1(CO)COC1. The van der Waals surface area contributed by atoms with Crippen LogP contribution >= 0.6 is 11.6 Å². The monoisotopic (exact) mass is 311 g/mol. The van der Waals surface area contributed by atoms with Crippen molar-refractivity contribution in [2.24, 2.45) is 5.41 Å². The minimum absolute atomic E-state index is 0.124. The van der Waals surface area contributed by atoms with Crippen LogP contribution in [0.4, 0.5) is 0 Å². The molecule has 2 aliphatic rings. The molecular formula is C16H22ClNO3. The van der Waals surface area contributed by atoms with Gasteiger partial charge >= 0.3 is 0 Å². The van der Waals surface area contributed by atoms with Crippen molar-refractivity contribution in [3.63, 3.8) is 0 Å². The first-order chi connectivity index (χ1) is 10.1. The molecule has 3 rings (SSSR count). The first kappa shape index (κ1) is 15.1. The summed E-state index contributed by atoms with van der Waals surface area (Å²) in [7, 11) is 0. The molecule has 1 unspecified atom stereocenters. The van der Waals surface area contributed by atoms with Gasteiger partial charge in [0.1, 0.15) is 5.75 Å². The van der Waals surface area contributed by atoms with Crippen LogP contribution in [-0.4, -0.2) is 38.1 Å². The van der Waals surface area contributed by atoms with Gasteiger partial charge in [-0.05, 0) is 37.5 Å². The lowest BCUT2D eigenvalue weighted by Crippen LogP contribution is -2.52. The number of halogens is 1. The molecular weight excluding hydrogens is 290 g/mol.